The van der Waals surface area contributed by atoms with Gasteiger partial charge in [-0.2, -0.15) is 0 Å². The van der Waals surface area contributed by atoms with Crippen molar-refractivity contribution < 1.29 is 9.53 Å². The van der Waals surface area contributed by atoms with Crippen LogP contribution in [0.3, 0.4) is 0 Å². The molecule has 1 saturated carbocycles. The molecular weight excluding hydrogens is 246 g/mol. The van der Waals surface area contributed by atoms with E-state index in [4.69, 9.17) is 4.74 Å². The van der Waals surface area contributed by atoms with Crippen LogP contribution < -0.4 is 0 Å². The van der Waals surface area contributed by atoms with Crippen LogP contribution in [0.5, 0.6) is 0 Å². The number of carbonyl (C=O) groups excluding carboxylic acids is 1. The van der Waals surface area contributed by atoms with Crippen LogP contribution in [-0.4, -0.2) is 18.1 Å². The average molecular weight is 261 g/mol. The second-order valence-corrected chi connectivity index (χ2v) is 6.22. The quantitative estimate of drug-likeness (QED) is 0.797. The van der Waals surface area contributed by atoms with Gasteiger partial charge in [-0.15, -0.1) is 11.3 Å². The molecule has 3 nitrogen and oxygen atoms in total. The first-order valence-corrected chi connectivity index (χ1v) is 6.89. The molecule has 4 heteroatoms. The van der Waals surface area contributed by atoms with Crippen LogP contribution in [0, 0.1) is 12.3 Å². The molecule has 1 aliphatic carbocycles. The summed E-state index contributed by atoms with van der Waals surface area (Å²) in [6, 6.07) is 6.27. The van der Waals surface area contributed by atoms with Gasteiger partial charge < -0.3 is 4.74 Å². The Morgan fingerprint density at radius 2 is 2.28 bits per heavy atom. The highest BCUT2D eigenvalue weighted by molar-refractivity contribution is 7.18. The molecule has 0 radical (unpaired) electrons. The number of fused-ring (bicyclic) bond motifs is 1. The summed E-state index contributed by atoms with van der Waals surface area (Å²) in [7, 11) is 1.47. The lowest BCUT2D eigenvalue weighted by atomic mass is 9.96. The summed E-state index contributed by atoms with van der Waals surface area (Å²) in [5.41, 5.74) is 2.00. The number of ether oxygens (including phenoxy) is 1. The fraction of sp³-hybridized carbons (Fsp3) is 0.429. The Morgan fingerprint density at radius 3 is 2.94 bits per heavy atom. The number of hydrogen-bond acceptors (Lipinski definition) is 4. The normalized spacial score (nSPS) is 16.8. The second-order valence-electron chi connectivity index (χ2n) is 4.98. The molecule has 0 bridgehead atoms. The molecule has 2 aromatic rings. The molecule has 0 unspecified atom stereocenters. The lowest BCUT2D eigenvalue weighted by Crippen LogP contribution is -2.19. The minimum Gasteiger partial charge on any atom is -0.469 e. The third kappa shape index (κ3) is 1.90. The Balaban J connectivity index is 1.89. The van der Waals surface area contributed by atoms with Crippen LogP contribution in [0.1, 0.15) is 23.4 Å². The largest absolute Gasteiger partial charge is 0.469 e. The first-order chi connectivity index (χ1) is 8.63. The van der Waals surface area contributed by atoms with Gasteiger partial charge in [0.05, 0.1) is 27.7 Å². The summed E-state index contributed by atoms with van der Waals surface area (Å²) in [6.45, 7) is 2.02. The molecule has 1 aromatic heterocycles. The molecule has 0 saturated heterocycles. The number of aromatic nitrogens is 1. The van der Waals surface area contributed by atoms with Crippen LogP contribution in [0.15, 0.2) is 18.2 Å². The summed E-state index contributed by atoms with van der Waals surface area (Å²) in [4.78, 5) is 16.2. The number of thiazole rings is 1. The highest BCUT2D eigenvalue weighted by Gasteiger charge is 2.50. The highest BCUT2D eigenvalue weighted by atomic mass is 32.1. The van der Waals surface area contributed by atoms with Gasteiger partial charge in [0.25, 0.3) is 0 Å². The van der Waals surface area contributed by atoms with Crippen LogP contribution in [0.2, 0.25) is 0 Å². The van der Waals surface area contributed by atoms with E-state index in [1.165, 1.54) is 17.4 Å². The molecule has 0 N–H and O–H groups in total. The zero-order valence-electron chi connectivity index (χ0n) is 10.5. The maximum Gasteiger partial charge on any atom is 0.312 e. The van der Waals surface area contributed by atoms with E-state index in [0.29, 0.717) is 0 Å². The van der Waals surface area contributed by atoms with Crippen molar-refractivity contribution in [2.75, 3.05) is 7.11 Å². The molecule has 1 aromatic carbocycles. The van der Waals surface area contributed by atoms with E-state index in [1.54, 1.807) is 11.3 Å². The van der Waals surface area contributed by atoms with Crippen molar-refractivity contribution >= 4 is 27.5 Å². The number of methoxy groups -OCH3 is 1. The van der Waals surface area contributed by atoms with Gasteiger partial charge in [-0.1, -0.05) is 6.07 Å². The summed E-state index contributed by atoms with van der Waals surface area (Å²) in [5, 5.41) is 1.08. The van der Waals surface area contributed by atoms with Crippen LogP contribution in [-0.2, 0) is 16.0 Å². The zero-order valence-corrected chi connectivity index (χ0v) is 11.3. The SMILES string of the molecule is COC(=O)C1(Cc2ccc3nc(C)sc3c2)CC1. The smallest absolute Gasteiger partial charge is 0.312 e. The molecular formula is C14H15NO2S. The molecule has 0 spiro atoms. The van der Waals surface area contributed by atoms with Gasteiger partial charge in [0.2, 0.25) is 0 Å². The molecule has 0 aliphatic heterocycles. The van der Waals surface area contributed by atoms with Crippen molar-refractivity contribution in [1.82, 2.24) is 4.98 Å². The third-order valence-corrected chi connectivity index (χ3v) is 4.51. The van der Waals surface area contributed by atoms with E-state index in [-0.39, 0.29) is 11.4 Å². The number of nitrogens with zero attached hydrogens (tertiary/aromatic N) is 1. The predicted octanol–water partition coefficient (Wildman–Crippen LogP) is 3.10. The highest BCUT2D eigenvalue weighted by Crippen LogP contribution is 2.49. The molecule has 1 heterocycles. The van der Waals surface area contributed by atoms with Gasteiger partial charge in [0.15, 0.2) is 0 Å². The van der Waals surface area contributed by atoms with E-state index in [0.717, 1.165) is 29.8 Å². The number of aryl methyl sites for hydroxylation is 1. The lowest BCUT2D eigenvalue weighted by Gasteiger charge is -2.12. The van der Waals surface area contributed by atoms with Crippen LogP contribution in [0.25, 0.3) is 10.2 Å². The Labute approximate surface area is 110 Å². The number of rotatable bonds is 3. The summed E-state index contributed by atoms with van der Waals surface area (Å²) in [6.07, 6.45) is 2.67. The second kappa shape index (κ2) is 4.05. The van der Waals surface area contributed by atoms with Gasteiger partial charge in [-0.25, -0.2) is 4.98 Å². The predicted molar refractivity (Wildman–Crippen MR) is 71.7 cm³/mol. The van der Waals surface area contributed by atoms with E-state index in [9.17, 15) is 4.79 Å². The Bertz CT molecular complexity index is 613. The molecule has 0 amide bonds. The Morgan fingerprint density at radius 1 is 1.50 bits per heavy atom. The topological polar surface area (TPSA) is 39.2 Å². The first-order valence-electron chi connectivity index (χ1n) is 6.07. The maximum atomic E-state index is 11.7. The molecule has 1 fully saturated rings. The van der Waals surface area contributed by atoms with Crippen molar-refractivity contribution in [3.05, 3.63) is 28.8 Å². The van der Waals surface area contributed by atoms with E-state index in [2.05, 4.69) is 17.1 Å². The number of esters is 1. The van der Waals surface area contributed by atoms with Gasteiger partial charge >= 0.3 is 5.97 Å². The lowest BCUT2D eigenvalue weighted by molar-refractivity contribution is -0.147. The molecule has 18 heavy (non-hydrogen) atoms. The van der Waals surface area contributed by atoms with Crippen molar-refractivity contribution in [3.8, 4) is 0 Å². The van der Waals surface area contributed by atoms with Gasteiger partial charge in [-0.05, 0) is 43.9 Å². The van der Waals surface area contributed by atoms with Crippen molar-refractivity contribution in [2.24, 2.45) is 5.41 Å². The minimum atomic E-state index is -0.248. The monoisotopic (exact) mass is 261 g/mol. The molecule has 3 rings (SSSR count). The van der Waals surface area contributed by atoms with E-state index in [1.807, 2.05) is 13.0 Å². The van der Waals surface area contributed by atoms with Gasteiger partial charge in [0, 0.05) is 0 Å². The molecule has 94 valence electrons. The average Bonchev–Trinajstić information content (AvgIpc) is 3.03. The third-order valence-electron chi connectivity index (χ3n) is 3.57. The molecule has 0 atom stereocenters. The number of carbonyl (C=O) groups is 1. The minimum absolute atomic E-state index is 0.0666. The van der Waals surface area contributed by atoms with Gasteiger partial charge in [-0.3, -0.25) is 4.79 Å². The van der Waals surface area contributed by atoms with E-state index < -0.39 is 0 Å². The summed E-state index contributed by atoms with van der Waals surface area (Å²) < 4.78 is 6.09. The van der Waals surface area contributed by atoms with Crippen molar-refractivity contribution in [1.29, 1.82) is 0 Å². The van der Waals surface area contributed by atoms with E-state index >= 15 is 0 Å². The number of hydrogen-bond donors (Lipinski definition) is 0. The number of benzene rings is 1. The fourth-order valence-corrected chi connectivity index (χ4v) is 3.30. The summed E-state index contributed by atoms with van der Waals surface area (Å²) in [5.74, 6) is -0.0666. The van der Waals surface area contributed by atoms with Gasteiger partial charge in [0.1, 0.15) is 0 Å². The summed E-state index contributed by atoms with van der Waals surface area (Å²) >= 11 is 1.70. The molecule has 1 aliphatic rings. The van der Waals surface area contributed by atoms with Crippen LogP contribution >= 0.6 is 11.3 Å². The van der Waals surface area contributed by atoms with Crippen LogP contribution in [0.4, 0.5) is 0 Å². The zero-order chi connectivity index (χ0) is 12.8. The fourth-order valence-electron chi connectivity index (χ4n) is 2.41. The standard InChI is InChI=1S/C14H15NO2S/c1-9-15-11-4-3-10(7-12(11)18-9)8-14(5-6-14)13(16)17-2/h3-4,7H,5-6,8H2,1-2H3. The van der Waals surface area contributed by atoms with Crippen molar-refractivity contribution in [2.45, 2.75) is 26.2 Å². The Kier molecular flexibility index (Phi) is 2.63. The first kappa shape index (κ1) is 11.7. The Hall–Kier alpha value is -1.42. The maximum absolute atomic E-state index is 11.7. The van der Waals surface area contributed by atoms with Crippen molar-refractivity contribution in [3.63, 3.8) is 0 Å².